The molecule has 0 bridgehead atoms. The number of thioether (sulfide) groups is 1. The van der Waals surface area contributed by atoms with Crippen molar-refractivity contribution in [3.05, 3.63) is 29.6 Å². The van der Waals surface area contributed by atoms with Crippen LogP contribution in [0.4, 0.5) is 0 Å². The molecule has 1 N–H and O–H groups in total. The van der Waals surface area contributed by atoms with Crippen molar-refractivity contribution < 1.29 is 9.90 Å². The zero-order chi connectivity index (χ0) is 14.5. The summed E-state index contributed by atoms with van der Waals surface area (Å²) in [5.41, 5.74) is 2.12. The summed E-state index contributed by atoms with van der Waals surface area (Å²) in [6.45, 7) is 2.88. The molecule has 1 heterocycles. The Kier molecular flexibility index (Phi) is 5.06. The predicted octanol–water partition coefficient (Wildman–Crippen LogP) is 3.58. The van der Waals surface area contributed by atoms with Crippen LogP contribution in [0.2, 0.25) is 0 Å². The Bertz CT molecular complexity index is 607. The van der Waals surface area contributed by atoms with Gasteiger partial charge in [0.15, 0.2) is 0 Å². The number of unbranched alkanes of at least 4 members (excludes halogenated alkanes) is 2. The summed E-state index contributed by atoms with van der Waals surface area (Å²) < 4.78 is 2.13. The second kappa shape index (κ2) is 6.79. The minimum absolute atomic E-state index is 0.320. The number of carbonyl (C=O) groups is 1. The van der Waals surface area contributed by atoms with Gasteiger partial charge < -0.3 is 9.67 Å². The van der Waals surface area contributed by atoms with Gasteiger partial charge in [0.05, 0.1) is 16.6 Å². The van der Waals surface area contributed by atoms with Gasteiger partial charge in [-0.05, 0) is 50.0 Å². The van der Waals surface area contributed by atoms with E-state index in [0.717, 1.165) is 29.8 Å². The first-order valence-electron chi connectivity index (χ1n) is 6.82. The number of imidazole rings is 1. The predicted molar refractivity (Wildman–Crippen MR) is 83.7 cm³/mol. The van der Waals surface area contributed by atoms with Crippen LogP contribution in [-0.4, -0.2) is 32.6 Å². The molecule has 0 amide bonds. The number of fused-ring (bicyclic) bond motifs is 1. The van der Waals surface area contributed by atoms with Crippen molar-refractivity contribution in [1.82, 2.24) is 9.55 Å². The highest BCUT2D eigenvalue weighted by Gasteiger charge is 2.10. The number of rotatable bonds is 7. The van der Waals surface area contributed by atoms with Crippen molar-refractivity contribution >= 4 is 28.8 Å². The zero-order valence-corrected chi connectivity index (χ0v) is 12.7. The van der Waals surface area contributed by atoms with Gasteiger partial charge in [-0.25, -0.2) is 9.78 Å². The first kappa shape index (κ1) is 14.9. The Hall–Kier alpha value is -1.49. The first-order chi connectivity index (χ1) is 9.63. The van der Waals surface area contributed by atoms with E-state index in [1.807, 2.05) is 18.7 Å². The lowest BCUT2D eigenvalue weighted by molar-refractivity contribution is 0.0697. The minimum atomic E-state index is -0.891. The summed E-state index contributed by atoms with van der Waals surface area (Å²) in [7, 11) is 0. The highest BCUT2D eigenvalue weighted by atomic mass is 32.2. The second-order valence-electron chi connectivity index (χ2n) is 4.87. The van der Waals surface area contributed by atoms with E-state index in [2.05, 4.69) is 15.8 Å². The molecular weight excluding hydrogens is 272 g/mol. The molecule has 0 spiro atoms. The van der Waals surface area contributed by atoms with Crippen LogP contribution in [0.5, 0.6) is 0 Å². The van der Waals surface area contributed by atoms with Crippen LogP contribution in [0.25, 0.3) is 11.0 Å². The Labute approximate surface area is 123 Å². The number of aromatic nitrogens is 2. The van der Waals surface area contributed by atoms with Crippen molar-refractivity contribution in [2.75, 3.05) is 12.0 Å². The molecule has 0 atom stereocenters. The molecule has 1 aromatic heterocycles. The molecule has 4 nitrogen and oxygen atoms in total. The molecule has 0 fully saturated rings. The third kappa shape index (κ3) is 3.33. The van der Waals surface area contributed by atoms with E-state index in [-0.39, 0.29) is 0 Å². The van der Waals surface area contributed by atoms with Crippen molar-refractivity contribution in [3.63, 3.8) is 0 Å². The lowest BCUT2D eigenvalue weighted by atomic mass is 10.2. The fraction of sp³-hybridized carbons (Fsp3) is 0.467. The van der Waals surface area contributed by atoms with E-state index in [9.17, 15) is 4.79 Å². The summed E-state index contributed by atoms with van der Waals surface area (Å²) in [5, 5.41) is 9.08. The van der Waals surface area contributed by atoms with Gasteiger partial charge in [0.25, 0.3) is 0 Å². The summed E-state index contributed by atoms with van der Waals surface area (Å²) in [4.78, 5) is 15.6. The van der Waals surface area contributed by atoms with E-state index in [1.54, 1.807) is 18.2 Å². The molecule has 0 saturated carbocycles. The topological polar surface area (TPSA) is 55.1 Å². The number of benzene rings is 1. The van der Waals surface area contributed by atoms with E-state index in [0.29, 0.717) is 5.56 Å². The van der Waals surface area contributed by atoms with E-state index >= 15 is 0 Å². The van der Waals surface area contributed by atoms with Crippen LogP contribution >= 0.6 is 11.8 Å². The fourth-order valence-corrected chi connectivity index (χ4v) is 2.84. The SMILES string of the molecule is CSCCCCCn1c(C)nc2ccc(C(=O)O)cc21. The lowest BCUT2D eigenvalue weighted by Crippen LogP contribution is -2.02. The van der Waals surface area contributed by atoms with Crippen molar-refractivity contribution in [1.29, 1.82) is 0 Å². The van der Waals surface area contributed by atoms with Crippen LogP contribution in [0.15, 0.2) is 18.2 Å². The Morgan fingerprint density at radius 2 is 2.15 bits per heavy atom. The number of hydrogen-bond acceptors (Lipinski definition) is 3. The maximum absolute atomic E-state index is 11.1. The lowest BCUT2D eigenvalue weighted by Gasteiger charge is -2.07. The molecule has 0 saturated heterocycles. The van der Waals surface area contributed by atoms with Gasteiger partial charge in [0.2, 0.25) is 0 Å². The average Bonchev–Trinajstić information content (AvgIpc) is 2.73. The van der Waals surface area contributed by atoms with Gasteiger partial charge in [-0.2, -0.15) is 11.8 Å². The quantitative estimate of drug-likeness (QED) is 0.793. The van der Waals surface area contributed by atoms with E-state index in [1.165, 1.54) is 18.6 Å². The van der Waals surface area contributed by atoms with Crippen LogP contribution in [-0.2, 0) is 6.54 Å². The molecule has 0 aliphatic rings. The highest BCUT2D eigenvalue weighted by molar-refractivity contribution is 7.98. The molecule has 5 heteroatoms. The summed E-state index contributed by atoms with van der Waals surface area (Å²) in [5.74, 6) is 1.26. The monoisotopic (exact) mass is 292 g/mol. The molecule has 1 aromatic carbocycles. The van der Waals surface area contributed by atoms with Gasteiger partial charge in [0, 0.05) is 6.54 Å². The largest absolute Gasteiger partial charge is 0.478 e. The van der Waals surface area contributed by atoms with Crippen molar-refractivity contribution in [2.24, 2.45) is 0 Å². The Morgan fingerprint density at radius 1 is 1.35 bits per heavy atom. The summed E-state index contributed by atoms with van der Waals surface area (Å²) in [6.07, 6.45) is 5.65. The normalized spacial score (nSPS) is 11.1. The number of hydrogen-bond donors (Lipinski definition) is 1. The van der Waals surface area contributed by atoms with Gasteiger partial charge >= 0.3 is 5.97 Å². The number of nitrogens with zero attached hydrogens (tertiary/aromatic N) is 2. The van der Waals surface area contributed by atoms with Gasteiger partial charge in [-0.15, -0.1) is 0 Å². The Balaban J connectivity index is 2.16. The number of carboxylic acids is 1. The molecule has 2 aromatic rings. The van der Waals surface area contributed by atoms with Crippen LogP contribution in [0, 0.1) is 6.92 Å². The maximum Gasteiger partial charge on any atom is 0.335 e. The first-order valence-corrected chi connectivity index (χ1v) is 8.22. The van der Waals surface area contributed by atoms with Crippen molar-refractivity contribution in [2.45, 2.75) is 32.7 Å². The van der Waals surface area contributed by atoms with Gasteiger partial charge in [-0.3, -0.25) is 0 Å². The zero-order valence-electron chi connectivity index (χ0n) is 11.9. The van der Waals surface area contributed by atoms with E-state index < -0.39 is 5.97 Å². The third-order valence-electron chi connectivity index (χ3n) is 3.42. The third-order valence-corrected chi connectivity index (χ3v) is 4.11. The average molecular weight is 292 g/mol. The molecule has 0 radical (unpaired) electrons. The molecule has 0 aliphatic carbocycles. The molecular formula is C15H20N2O2S. The highest BCUT2D eigenvalue weighted by Crippen LogP contribution is 2.19. The van der Waals surface area contributed by atoms with Crippen molar-refractivity contribution in [3.8, 4) is 0 Å². The fourth-order valence-electron chi connectivity index (χ4n) is 2.35. The smallest absolute Gasteiger partial charge is 0.335 e. The molecule has 20 heavy (non-hydrogen) atoms. The molecule has 108 valence electrons. The van der Waals surface area contributed by atoms with Crippen LogP contribution in [0.3, 0.4) is 0 Å². The number of aryl methyl sites for hydroxylation is 2. The van der Waals surface area contributed by atoms with Gasteiger partial charge in [0.1, 0.15) is 5.82 Å². The summed E-state index contributed by atoms with van der Waals surface area (Å²) >= 11 is 1.88. The minimum Gasteiger partial charge on any atom is -0.478 e. The molecule has 0 aliphatic heterocycles. The Morgan fingerprint density at radius 3 is 2.85 bits per heavy atom. The second-order valence-corrected chi connectivity index (χ2v) is 5.86. The molecule has 2 rings (SSSR count). The van der Waals surface area contributed by atoms with Crippen LogP contribution in [0.1, 0.15) is 35.4 Å². The van der Waals surface area contributed by atoms with Gasteiger partial charge in [-0.1, -0.05) is 6.42 Å². The maximum atomic E-state index is 11.1. The number of carboxylic acid groups (broad SMARTS) is 1. The molecule has 0 unspecified atom stereocenters. The van der Waals surface area contributed by atoms with Crippen LogP contribution < -0.4 is 0 Å². The number of aromatic carboxylic acids is 1. The standard InChI is InChI=1S/C15H20N2O2S/c1-11-16-13-7-6-12(15(18)19)10-14(13)17(11)8-4-3-5-9-20-2/h6-7,10H,3-5,8-9H2,1-2H3,(H,18,19). The van der Waals surface area contributed by atoms with E-state index in [4.69, 9.17) is 5.11 Å². The summed E-state index contributed by atoms with van der Waals surface area (Å²) in [6, 6.07) is 5.12.